The molecule has 0 aromatic heterocycles. The average molecular weight is 297 g/mol. The molecule has 22 heavy (non-hydrogen) atoms. The second-order valence-corrected chi connectivity index (χ2v) is 5.65. The van der Waals surface area contributed by atoms with E-state index in [4.69, 9.17) is 10.5 Å². The standard InChI is InChI=1S/C19H23NO2/c1-14-10-11-15(2)18(12-14)22-13-17-7-4-3-6-16(17)8-5-9-19(20)21/h3-4,6-7,10-12H,5,8-9,13H2,1-2H3,(H2,20,21). The Kier molecular flexibility index (Phi) is 5.59. The molecular formula is C19H23NO2. The Morgan fingerprint density at radius 2 is 1.82 bits per heavy atom. The van der Waals surface area contributed by atoms with Gasteiger partial charge in [0.25, 0.3) is 0 Å². The van der Waals surface area contributed by atoms with Gasteiger partial charge in [-0.1, -0.05) is 36.4 Å². The highest BCUT2D eigenvalue weighted by Gasteiger charge is 2.05. The van der Waals surface area contributed by atoms with Gasteiger partial charge in [-0.05, 0) is 55.0 Å². The van der Waals surface area contributed by atoms with Gasteiger partial charge in [0.05, 0.1) is 0 Å². The van der Waals surface area contributed by atoms with Gasteiger partial charge in [-0.3, -0.25) is 4.79 Å². The van der Waals surface area contributed by atoms with Crippen LogP contribution in [0.5, 0.6) is 5.75 Å². The fraction of sp³-hybridized carbons (Fsp3) is 0.316. The summed E-state index contributed by atoms with van der Waals surface area (Å²) in [6.07, 6.45) is 2.04. The number of aryl methyl sites for hydroxylation is 3. The molecule has 0 aliphatic carbocycles. The van der Waals surface area contributed by atoms with Gasteiger partial charge in [-0.2, -0.15) is 0 Å². The van der Waals surface area contributed by atoms with Crippen LogP contribution >= 0.6 is 0 Å². The minimum atomic E-state index is -0.246. The maximum Gasteiger partial charge on any atom is 0.217 e. The van der Waals surface area contributed by atoms with Crippen molar-refractivity contribution in [2.75, 3.05) is 0 Å². The minimum absolute atomic E-state index is 0.246. The van der Waals surface area contributed by atoms with E-state index in [1.807, 2.05) is 19.1 Å². The van der Waals surface area contributed by atoms with Crippen molar-refractivity contribution in [2.45, 2.75) is 39.7 Å². The molecule has 1 amide bonds. The predicted molar refractivity (Wildman–Crippen MR) is 88.8 cm³/mol. The second kappa shape index (κ2) is 7.64. The van der Waals surface area contributed by atoms with E-state index < -0.39 is 0 Å². The second-order valence-electron chi connectivity index (χ2n) is 5.65. The van der Waals surface area contributed by atoms with E-state index in [0.717, 1.165) is 29.7 Å². The lowest BCUT2D eigenvalue weighted by atomic mass is 10.0. The normalized spacial score (nSPS) is 10.5. The summed E-state index contributed by atoms with van der Waals surface area (Å²) in [4.78, 5) is 10.9. The van der Waals surface area contributed by atoms with Crippen molar-refractivity contribution in [2.24, 2.45) is 5.73 Å². The molecule has 2 aromatic rings. The lowest BCUT2D eigenvalue weighted by Crippen LogP contribution is -2.10. The summed E-state index contributed by atoms with van der Waals surface area (Å²) in [6, 6.07) is 14.4. The average Bonchev–Trinajstić information content (AvgIpc) is 2.49. The largest absolute Gasteiger partial charge is 0.489 e. The molecule has 0 heterocycles. The summed E-state index contributed by atoms with van der Waals surface area (Å²) in [7, 11) is 0. The molecule has 0 aliphatic rings. The molecule has 0 bridgehead atoms. The molecule has 0 unspecified atom stereocenters. The van der Waals surface area contributed by atoms with Gasteiger partial charge >= 0.3 is 0 Å². The maximum absolute atomic E-state index is 10.9. The zero-order valence-corrected chi connectivity index (χ0v) is 13.3. The number of carbonyl (C=O) groups is 1. The number of rotatable bonds is 7. The van der Waals surface area contributed by atoms with Crippen LogP contribution in [0, 0.1) is 13.8 Å². The summed E-state index contributed by atoms with van der Waals surface area (Å²) in [5.74, 6) is 0.677. The quantitative estimate of drug-likeness (QED) is 0.847. The maximum atomic E-state index is 10.9. The van der Waals surface area contributed by atoms with Gasteiger partial charge in [0.2, 0.25) is 5.91 Å². The Morgan fingerprint density at radius 1 is 1.09 bits per heavy atom. The summed E-state index contributed by atoms with van der Waals surface area (Å²) in [6.45, 7) is 4.65. The Labute approximate surface area is 132 Å². The molecule has 2 N–H and O–H groups in total. The number of ether oxygens (including phenoxy) is 1. The minimum Gasteiger partial charge on any atom is -0.489 e. The zero-order chi connectivity index (χ0) is 15.9. The summed E-state index contributed by atoms with van der Waals surface area (Å²) in [5.41, 5.74) is 9.90. The first-order valence-corrected chi connectivity index (χ1v) is 7.61. The van der Waals surface area contributed by atoms with Crippen molar-refractivity contribution in [3.05, 3.63) is 64.7 Å². The third kappa shape index (κ3) is 4.62. The highest BCUT2D eigenvalue weighted by molar-refractivity contribution is 5.73. The third-order valence-electron chi connectivity index (χ3n) is 3.71. The molecule has 2 rings (SSSR count). The number of primary amides is 1. The zero-order valence-electron chi connectivity index (χ0n) is 13.3. The van der Waals surface area contributed by atoms with E-state index in [1.165, 1.54) is 11.1 Å². The highest BCUT2D eigenvalue weighted by Crippen LogP contribution is 2.21. The number of carbonyl (C=O) groups excluding carboxylic acids is 1. The van der Waals surface area contributed by atoms with E-state index in [1.54, 1.807) is 0 Å². The molecule has 3 heteroatoms. The number of hydrogen-bond acceptors (Lipinski definition) is 2. The molecular weight excluding hydrogens is 274 g/mol. The van der Waals surface area contributed by atoms with Gasteiger partial charge in [0, 0.05) is 6.42 Å². The number of amides is 1. The van der Waals surface area contributed by atoms with Crippen molar-refractivity contribution in [1.82, 2.24) is 0 Å². The van der Waals surface area contributed by atoms with Crippen LogP contribution in [0.15, 0.2) is 42.5 Å². The van der Waals surface area contributed by atoms with Crippen molar-refractivity contribution < 1.29 is 9.53 Å². The summed E-state index contributed by atoms with van der Waals surface area (Å²) in [5, 5.41) is 0. The van der Waals surface area contributed by atoms with Crippen LogP contribution in [0.4, 0.5) is 0 Å². The van der Waals surface area contributed by atoms with Crippen molar-refractivity contribution in [3.8, 4) is 5.75 Å². The summed E-state index contributed by atoms with van der Waals surface area (Å²) >= 11 is 0. The Balaban J connectivity index is 2.03. The topological polar surface area (TPSA) is 52.3 Å². The predicted octanol–water partition coefficient (Wildman–Crippen LogP) is 3.69. The molecule has 0 saturated heterocycles. The van der Waals surface area contributed by atoms with Gasteiger partial charge in [0.1, 0.15) is 12.4 Å². The molecule has 2 aromatic carbocycles. The van der Waals surface area contributed by atoms with Crippen molar-refractivity contribution in [1.29, 1.82) is 0 Å². The van der Waals surface area contributed by atoms with Crippen molar-refractivity contribution in [3.63, 3.8) is 0 Å². The first-order chi connectivity index (χ1) is 10.6. The lowest BCUT2D eigenvalue weighted by Gasteiger charge is -2.13. The lowest BCUT2D eigenvalue weighted by molar-refractivity contribution is -0.118. The molecule has 0 aliphatic heterocycles. The highest BCUT2D eigenvalue weighted by atomic mass is 16.5. The smallest absolute Gasteiger partial charge is 0.217 e. The van der Waals surface area contributed by atoms with Gasteiger partial charge < -0.3 is 10.5 Å². The molecule has 0 fully saturated rings. The fourth-order valence-electron chi connectivity index (χ4n) is 2.41. The van der Waals surface area contributed by atoms with E-state index in [0.29, 0.717) is 13.0 Å². The monoisotopic (exact) mass is 297 g/mol. The Morgan fingerprint density at radius 3 is 2.55 bits per heavy atom. The van der Waals surface area contributed by atoms with Crippen LogP contribution in [0.3, 0.4) is 0 Å². The first-order valence-electron chi connectivity index (χ1n) is 7.61. The molecule has 0 atom stereocenters. The Hall–Kier alpha value is -2.29. The van der Waals surface area contributed by atoms with Gasteiger partial charge in [0.15, 0.2) is 0 Å². The van der Waals surface area contributed by atoms with Crippen LogP contribution in [0.25, 0.3) is 0 Å². The fourth-order valence-corrected chi connectivity index (χ4v) is 2.41. The molecule has 0 spiro atoms. The molecule has 116 valence electrons. The summed E-state index contributed by atoms with van der Waals surface area (Å²) < 4.78 is 5.98. The SMILES string of the molecule is Cc1ccc(C)c(OCc2ccccc2CCCC(N)=O)c1. The van der Waals surface area contributed by atoms with Gasteiger partial charge in [-0.15, -0.1) is 0 Å². The molecule has 0 radical (unpaired) electrons. The van der Waals surface area contributed by atoms with Gasteiger partial charge in [-0.25, -0.2) is 0 Å². The third-order valence-corrected chi connectivity index (χ3v) is 3.71. The van der Waals surface area contributed by atoms with Crippen LogP contribution < -0.4 is 10.5 Å². The van der Waals surface area contributed by atoms with Crippen LogP contribution in [0.2, 0.25) is 0 Å². The number of hydrogen-bond donors (Lipinski definition) is 1. The van der Waals surface area contributed by atoms with E-state index in [9.17, 15) is 4.79 Å². The number of benzene rings is 2. The van der Waals surface area contributed by atoms with E-state index in [-0.39, 0.29) is 5.91 Å². The molecule has 0 saturated carbocycles. The van der Waals surface area contributed by atoms with E-state index in [2.05, 4.69) is 37.3 Å². The van der Waals surface area contributed by atoms with Crippen LogP contribution in [-0.2, 0) is 17.8 Å². The Bertz CT molecular complexity index is 650. The number of nitrogens with two attached hydrogens (primary N) is 1. The first kappa shape index (κ1) is 16.1. The van der Waals surface area contributed by atoms with Crippen LogP contribution in [0.1, 0.15) is 35.1 Å². The van der Waals surface area contributed by atoms with E-state index >= 15 is 0 Å². The van der Waals surface area contributed by atoms with Crippen molar-refractivity contribution >= 4 is 5.91 Å². The van der Waals surface area contributed by atoms with Crippen LogP contribution in [-0.4, -0.2) is 5.91 Å². The molecule has 3 nitrogen and oxygen atoms in total.